The molecule has 0 spiro atoms. The molecule has 0 aliphatic heterocycles. The molecule has 1 aromatic heterocycles. The summed E-state index contributed by atoms with van der Waals surface area (Å²) in [6, 6.07) is 10.9. The van der Waals surface area contributed by atoms with Crippen molar-refractivity contribution in [3.8, 4) is 11.3 Å². The number of benzene rings is 2. The molecule has 0 fully saturated rings. The van der Waals surface area contributed by atoms with Gasteiger partial charge in [0, 0.05) is 24.7 Å². The zero-order valence-corrected chi connectivity index (χ0v) is 16.6. The second kappa shape index (κ2) is 8.40. The molecule has 2 aromatic carbocycles. The second-order valence-electron chi connectivity index (χ2n) is 5.79. The lowest BCUT2D eigenvalue weighted by Crippen LogP contribution is -2.30. The molecular formula is C18H14Cl2FN3O3S. The largest absolute Gasteiger partial charge is 0.298 e. The monoisotopic (exact) mass is 441 g/mol. The molecule has 0 radical (unpaired) electrons. The van der Waals surface area contributed by atoms with Gasteiger partial charge in [0.2, 0.25) is 10.0 Å². The average molecular weight is 442 g/mol. The van der Waals surface area contributed by atoms with E-state index in [4.69, 9.17) is 23.2 Å². The number of nitrogens with one attached hydrogen (secondary N) is 1. The zero-order valence-electron chi connectivity index (χ0n) is 14.3. The number of hydrogen-bond donors (Lipinski definition) is 1. The van der Waals surface area contributed by atoms with Gasteiger partial charge in [-0.15, -0.1) is 0 Å². The molecule has 0 saturated carbocycles. The van der Waals surface area contributed by atoms with Crippen LogP contribution in [-0.2, 0) is 16.6 Å². The first kappa shape index (κ1) is 20.5. The number of halogens is 3. The normalized spacial score (nSPS) is 11.5. The molecule has 28 heavy (non-hydrogen) atoms. The van der Waals surface area contributed by atoms with E-state index in [1.54, 1.807) is 0 Å². The summed E-state index contributed by atoms with van der Waals surface area (Å²) in [5.41, 5.74) is 0.645. The standard InChI is InChI=1S/C18H14Cl2FN3O3S/c19-15-6-5-14(9-16(15)20)28(26,27)23-7-8-24-11-22-17(10-18(24)25)12-1-3-13(21)4-2-12/h1-6,9-11,23H,7-8H2. The van der Waals surface area contributed by atoms with E-state index in [-0.39, 0.29) is 39.4 Å². The van der Waals surface area contributed by atoms with Gasteiger partial charge in [0.15, 0.2) is 0 Å². The van der Waals surface area contributed by atoms with Crippen molar-refractivity contribution in [3.05, 3.63) is 81.1 Å². The van der Waals surface area contributed by atoms with E-state index in [0.29, 0.717) is 11.3 Å². The summed E-state index contributed by atoms with van der Waals surface area (Å²) in [7, 11) is -3.80. The highest BCUT2D eigenvalue weighted by Crippen LogP contribution is 2.24. The molecular weight excluding hydrogens is 428 g/mol. The fourth-order valence-corrected chi connectivity index (χ4v) is 3.81. The highest BCUT2D eigenvalue weighted by molar-refractivity contribution is 7.89. The third kappa shape index (κ3) is 4.77. The molecule has 3 aromatic rings. The maximum atomic E-state index is 13.0. The summed E-state index contributed by atoms with van der Waals surface area (Å²) >= 11 is 11.6. The molecule has 0 aliphatic rings. The van der Waals surface area contributed by atoms with E-state index in [2.05, 4.69) is 9.71 Å². The van der Waals surface area contributed by atoms with Crippen molar-refractivity contribution < 1.29 is 12.8 Å². The van der Waals surface area contributed by atoms with Gasteiger partial charge in [-0.25, -0.2) is 22.5 Å². The van der Waals surface area contributed by atoms with E-state index in [1.807, 2.05) is 0 Å². The van der Waals surface area contributed by atoms with Gasteiger partial charge in [-0.3, -0.25) is 9.36 Å². The first-order valence-corrected chi connectivity index (χ1v) is 10.3. The summed E-state index contributed by atoms with van der Waals surface area (Å²) in [6.45, 7) is 0.0517. The number of sulfonamides is 1. The van der Waals surface area contributed by atoms with Gasteiger partial charge in [0.25, 0.3) is 5.56 Å². The molecule has 10 heteroatoms. The Balaban J connectivity index is 1.68. The van der Waals surface area contributed by atoms with E-state index >= 15 is 0 Å². The van der Waals surface area contributed by atoms with Crippen molar-refractivity contribution in [2.24, 2.45) is 0 Å². The molecule has 0 bridgehead atoms. The summed E-state index contributed by atoms with van der Waals surface area (Å²) < 4.78 is 41.2. The third-order valence-corrected chi connectivity index (χ3v) is 6.06. The Bertz CT molecular complexity index is 1170. The van der Waals surface area contributed by atoms with Crippen molar-refractivity contribution >= 4 is 33.2 Å². The molecule has 146 valence electrons. The van der Waals surface area contributed by atoms with Gasteiger partial charge < -0.3 is 0 Å². The van der Waals surface area contributed by atoms with Gasteiger partial charge >= 0.3 is 0 Å². The molecule has 0 aliphatic carbocycles. The van der Waals surface area contributed by atoms with E-state index in [1.165, 1.54) is 59.4 Å². The van der Waals surface area contributed by atoms with Gasteiger partial charge in [0.05, 0.1) is 27.0 Å². The second-order valence-corrected chi connectivity index (χ2v) is 8.37. The third-order valence-electron chi connectivity index (χ3n) is 3.87. The lowest BCUT2D eigenvalue weighted by Gasteiger charge is -2.09. The lowest BCUT2D eigenvalue weighted by molar-refractivity contribution is 0.569. The summed E-state index contributed by atoms with van der Waals surface area (Å²) in [4.78, 5) is 16.4. The minimum absolute atomic E-state index is 0.0277. The first-order chi connectivity index (χ1) is 13.3. The first-order valence-electron chi connectivity index (χ1n) is 8.03. The fraction of sp³-hybridized carbons (Fsp3) is 0.111. The fourth-order valence-electron chi connectivity index (χ4n) is 2.40. The van der Waals surface area contributed by atoms with Gasteiger partial charge in [-0.05, 0) is 42.5 Å². The van der Waals surface area contributed by atoms with E-state index in [0.717, 1.165) is 0 Å². The highest BCUT2D eigenvalue weighted by atomic mass is 35.5. The van der Waals surface area contributed by atoms with E-state index < -0.39 is 10.0 Å². The minimum Gasteiger partial charge on any atom is -0.298 e. The minimum atomic E-state index is -3.80. The van der Waals surface area contributed by atoms with Crippen LogP contribution in [0.4, 0.5) is 4.39 Å². The number of nitrogens with zero attached hydrogens (tertiary/aromatic N) is 2. The summed E-state index contributed by atoms with van der Waals surface area (Å²) in [6.07, 6.45) is 1.31. The summed E-state index contributed by atoms with van der Waals surface area (Å²) in [5, 5.41) is 0.376. The molecule has 0 amide bonds. The molecule has 0 unspecified atom stereocenters. The Morgan fingerprint density at radius 1 is 1.04 bits per heavy atom. The molecule has 3 rings (SSSR count). The van der Waals surface area contributed by atoms with Crippen molar-refractivity contribution in [2.45, 2.75) is 11.4 Å². The Hall–Kier alpha value is -2.26. The number of aromatic nitrogens is 2. The van der Waals surface area contributed by atoms with Crippen LogP contribution in [0.3, 0.4) is 0 Å². The Labute approximate surface area is 170 Å². The van der Waals surface area contributed by atoms with Gasteiger partial charge in [-0.2, -0.15) is 0 Å². The van der Waals surface area contributed by atoms with Crippen LogP contribution in [0.5, 0.6) is 0 Å². The SMILES string of the molecule is O=c1cc(-c2ccc(F)cc2)ncn1CCNS(=O)(=O)c1ccc(Cl)c(Cl)c1. The van der Waals surface area contributed by atoms with Gasteiger partial charge in [-0.1, -0.05) is 23.2 Å². The summed E-state index contributed by atoms with van der Waals surface area (Å²) in [5.74, 6) is -0.383. The predicted molar refractivity (Wildman–Crippen MR) is 106 cm³/mol. The Morgan fingerprint density at radius 2 is 1.75 bits per heavy atom. The molecule has 1 heterocycles. The van der Waals surface area contributed by atoms with Crippen molar-refractivity contribution in [3.63, 3.8) is 0 Å². The highest BCUT2D eigenvalue weighted by Gasteiger charge is 2.15. The van der Waals surface area contributed by atoms with E-state index in [9.17, 15) is 17.6 Å². The maximum Gasteiger partial charge on any atom is 0.253 e. The zero-order chi connectivity index (χ0) is 20.3. The topological polar surface area (TPSA) is 81.1 Å². The molecule has 0 atom stereocenters. The quantitative estimate of drug-likeness (QED) is 0.635. The number of hydrogen-bond acceptors (Lipinski definition) is 4. The van der Waals surface area contributed by atoms with Crippen LogP contribution in [0.2, 0.25) is 10.0 Å². The van der Waals surface area contributed by atoms with Crippen molar-refractivity contribution in [1.29, 1.82) is 0 Å². The van der Waals surface area contributed by atoms with Gasteiger partial charge in [0.1, 0.15) is 5.82 Å². The van der Waals surface area contributed by atoms with Crippen LogP contribution in [0.25, 0.3) is 11.3 Å². The molecule has 6 nitrogen and oxygen atoms in total. The Morgan fingerprint density at radius 3 is 2.39 bits per heavy atom. The Kier molecular flexibility index (Phi) is 6.14. The van der Waals surface area contributed by atoms with Crippen LogP contribution in [0.1, 0.15) is 0 Å². The van der Waals surface area contributed by atoms with Crippen molar-refractivity contribution in [2.75, 3.05) is 6.54 Å². The maximum absolute atomic E-state index is 13.0. The van der Waals surface area contributed by atoms with Crippen LogP contribution in [-0.4, -0.2) is 24.5 Å². The van der Waals surface area contributed by atoms with Crippen LogP contribution in [0, 0.1) is 5.82 Å². The smallest absolute Gasteiger partial charge is 0.253 e. The van der Waals surface area contributed by atoms with Crippen molar-refractivity contribution in [1.82, 2.24) is 14.3 Å². The van der Waals surface area contributed by atoms with Crippen LogP contribution < -0.4 is 10.3 Å². The molecule has 1 N–H and O–H groups in total. The average Bonchev–Trinajstić information content (AvgIpc) is 2.65. The van der Waals surface area contributed by atoms with Crippen LogP contribution in [0.15, 0.2) is 64.5 Å². The predicted octanol–water partition coefficient (Wildman–Crippen LogP) is 3.33. The number of rotatable bonds is 6. The lowest BCUT2D eigenvalue weighted by atomic mass is 10.1. The molecule has 0 saturated heterocycles. The van der Waals surface area contributed by atoms with Crippen LogP contribution >= 0.6 is 23.2 Å².